The summed E-state index contributed by atoms with van der Waals surface area (Å²) in [7, 11) is -3.61. The Morgan fingerprint density at radius 1 is 1.89 bits per heavy atom. The van der Waals surface area contributed by atoms with Gasteiger partial charge in [-0.2, -0.15) is 4.21 Å². The molecule has 0 amide bonds. The predicted molar refractivity (Wildman–Crippen MR) is 35.9 cm³/mol. The van der Waals surface area contributed by atoms with E-state index in [1.807, 2.05) is 0 Å². The van der Waals surface area contributed by atoms with Crippen LogP contribution in [0.5, 0.6) is 0 Å². The number of hydrogen-bond acceptors (Lipinski definition) is 4. The lowest BCUT2D eigenvalue weighted by molar-refractivity contribution is 0.267. The zero-order valence-corrected chi connectivity index (χ0v) is 6.07. The molecule has 0 fully saturated rings. The van der Waals surface area contributed by atoms with Crippen LogP contribution in [0.15, 0.2) is 12.3 Å². The van der Waals surface area contributed by atoms with E-state index in [1.165, 1.54) is 0 Å². The number of aliphatic hydroxyl groups is 1. The highest BCUT2D eigenvalue weighted by molar-refractivity contribution is 8.27. The van der Waals surface area contributed by atoms with E-state index < -0.39 is 15.7 Å². The molecule has 0 aromatic heterocycles. The van der Waals surface area contributed by atoms with Crippen molar-refractivity contribution in [3.05, 3.63) is 12.3 Å². The van der Waals surface area contributed by atoms with Gasteiger partial charge in [0.25, 0.3) is 9.05 Å². The minimum Gasteiger partial charge on any atom is -0.510 e. The van der Waals surface area contributed by atoms with Crippen molar-refractivity contribution < 1.29 is 18.1 Å². The van der Waals surface area contributed by atoms with Gasteiger partial charge in [-0.1, -0.05) is 6.58 Å². The molecule has 0 bridgehead atoms. The molecule has 6 heteroatoms. The Labute approximate surface area is 57.9 Å². The molecule has 0 saturated carbocycles. The van der Waals surface area contributed by atoms with Crippen LogP contribution < -0.4 is 0 Å². The number of rotatable bonds is 3. The lowest BCUT2D eigenvalue weighted by Crippen LogP contribution is -2.04. The number of aliphatic hydroxyl groups excluding tert-OH is 1. The zero-order chi connectivity index (χ0) is 7.49. The van der Waals surface area contributed by atoms with E-state index in [0.717, 1.165) is 0 Å². The molecule has 1 atom stereocenters. The van der Waals surface area contributed by atoms with E-state index in [9.17, 15) is 4.21 Å². The van der Waals surface area contributed by atoms with Gasteiger partial charge >= 0.3 is 0 Å². The Morgan fingerprint density at radius 2 is 2.33 bits per heavy atom. The Balaban J connectivity index is 3.67. The molecule has 54 valence electrons. The molecule has 0 aliphatic heterocycles. The number of hydrogen-bond donors (Lipinski definition) is 2. The third kappa shape index (κ3) is 7.83. The van der Waals surface area contributed by atoms with Crippen molar-refractivity contribution in [2.24, 2.45) is 0 Å². The smallest absolute Gasteiger partial charge is 0.266 e. The Morgan fingerprint density at radius 3 is 2.44 bits per heavy atom. The molecule has 0 heterocycles. The lowest BCUT2D eigenvalue weighted by Gasteiger charge is -1.97. The summed E-state index contributed by atoms with van der Waals surface area (Å²) in [6, 6.07) is 0. The van der Waals surface area contributed by atoms with Crippen molar-refractivity contribution in [2.75, 3.05) is 6.61 Å². The fraction of sp³-hybridized carbons (Fsp3) is 0.333. The van der Waals surface area contributed by atoms with Gasteiger partial charge in [0.15, 0.2) is 0 Å². The normalized spacial score (nSPS) is 16.6. The lowest BCUT2D eigenvalue weighted by atomic mass is 10.6. The van der Waals surface area contributed by atoms with Gasteiger partial charge in [-0.3, -0.25) is 8.74 Å². The summed E-state index contributed by atoms with van der Waals surface area (Å²) in [4.78, 5) is 0. The van der Waals surface area contributed by atoms with E-state index in [4.69, 9.17) is 9.66 Å². The Bertz CT molecular complexity index is 192. The molecule has 0 aromatic carbocycles. The maximum atomic E-state index is 10.1. The Hall–Kier alpha value is -0.170. The van der Waals surface area contributed by atoms with Gasteiger partial charge < -0.3 is 5.11 Å². The van der Waals surface area contributed by atoms with Crippen LogP contribution in [-0.2, 0) is 24.4 Å². The summed E-state index contributed by atoms with van der Waals surface area (Å²) in [5.74, 6) is -0.332. The third-order valence-corrected chi connectivity index (χ3v) is 1.08. The van der Waals surface area contributed by atoms with Gasteiger partial charge in [0, 0.05) is 11.2 Å². The first kappa shape index (κ1) is 8.83. The van der Waals surface area contributed by atoms with Crippen LogP contribution in [-0.4, -0.2) is 20.5 Å². The average Bonchev–Trinajstić information content (AvgIpc) is 1.59. The van der Waals surface area contributed by atoms with E-state index in [1.54, 1.807) is 0 Å². The van der Waals surface area contributed by atoms with Crippen LogP contribution in [0.1, 0.15) is 0 Å². The third-order valence-electron chi connectivity index (χ3n) is 0.374. The molecular weight excluding hydrogens is 164 g/mol. The maximum Gasteiger partial charge on any atom is 0.266 e. The van der Waals surface area contributed by atoms with E-state index in [2.05, 4.69) is 22.0 Å². The van der Waals surface area contributed by atoms with E-state index in [0.29, 0.717) is 0 Å². The first-order valence-corrected chi connectivity index (χ1v) is 4.27. The quantitative estimate of drug-likeness (QED) is 0.593. The molecule has 0 spiro atoms. The van der Waals surface area contributed by atoms with Crippen molar-refractivity contribution >= 4 is 20.2 Å². The van der Waals surface area contributed by atoms with Crippen LogP contribution in [0.3, 0.4) is 0 Å². The second-order valence-corrected chi connectivity index (χ2v) is 3.61. The SMILES string of the molecule is C=C(O)COS(=O)(O)=S. The minimum atomic E-state index is -3.61. The van der Waals surface area contributed by atoms with Crippen molar-refractivity contribution in [3.8, 4) is 0 Å². The van der Waals surface area contributed by atoms with Crippen LogP contribution in [0.4, 0.5) is 0 Å². The van der Waals surface area contributed by atoms with Crippen LogP contribution in [0, 0.1) is 0 Å². The van der Waals surface area contributed by atoms with Crippen LogP contribution in [0.25, 0.3) is 0 Å². The van der Waals surface area contributed by atoms with E-state index in [-0.39, 0.29) is 5.76 Å². The molecule has 0 aliphatic rings. The standard InChI is InChI=1S/C3H6O4S2/c1-3(4)2-7-9(5,6)8/h4H,1-2H2,(H,5,6,8). The molecule has 0 saturated heterocycles. The molecule has 1 unspecified atom stereocenters. The summed E-state index contributed by atoms with van der Waals surface area (Å²) in [6.45, 7) is 2.60. The topological polar surface area (TPSA) is 66.8 Å². The van der Waals surface area contributed by atoms with Gasteiger partial charge in [0.05, 0.1) is 0 Å². The largest absolute Gasteiger partial charge is 0.510 e. The molecule has 2 N–H and O–H groups in total. The van der Waals surface area contributed by atoms with Crippen LogP contribution in [0.2, 0.25) is 0 Å². The van der Waals surface area contributed by atoms with Crippen molar-refractivity contribution in [3.63, 3.8) is 0 Å². The molecule has 0 radical (unpaired) electrons. The van der Waals surface area contributed by atoms with E-state index >= 15 is 0 Å². The predicted octanol–water partition coefficient (Wildman–Crippen LogP) is 0.209. The molecule has 0 aliphatic carbocycles. The molecule has 4 nitrogen and oxygen atoms in total. The van der Waals surface area contributed by atoms with Gasteiger partial charge in [0.1, 0.15) is 12.4 Å². The molecular formula is C3H6O4S2. The average molecular weight is 170 g/mol. The van der Waals surface area contributed by atoms with Gasteiger partial charge in [0.2, 0.25) is 0 Å². The van der Waals surface area contributed by atoms with Gasteiger partial charge in [-0.15, -0.1) is 0 Å². The van der Waals surface area contributed by atoms with Crippen molar-refractivity contribution in [1.82, 2.24) is 0 Å². The van der Waals surface area contributed by atoms with Crippen LogP contribution >= 0.6 is 0 Å². The first-order chi connectivity index (χ1) is 3.92. The highest BCUT2D eigenvalue weighted by Gasteiger charge is 1.98. The van der Waals surface area contributed by atoms with Gasteiger partial charge in [-0.05, 0) is 0 Å². The Kier molecular flexibility index (Phi) is 3.06. The van der Waals surface area contributed by atoms with Gasteiger partial charge in [-0.25, -0.2) is 0 Å². The second-order valence-electron chi connectivity index (χ2n) is 1.26. The highest BCUT2D eigenvalue weighted by atomic mass is 32.9. The monoisotopic (exact) mass is 170 g/mol. The first-order valence-electron chi connectivity index (χ1n) is 1.90. The molecule has 9 heavy (non-hydrogen) atoms. The fourth-order valence-electron chi connectivity index (χ4n) is 0.142. The highest BCUT2D eigenvalue weighted by Crippen LogP contribution is 1.90. The summed E-state index contributed by atoms with van der Waals surface area (Å²) < 4.78 is 22.4. The minimum absolute atomic E-state index is 0.332. The zero-order valence-electron chi connectivity index (χ0n) is 4.44. The molecule has 0 aromatic rings. The summed E-state index contributed by atoms with van der Waals surface area (Å²) in [5, 5.41) is 8.31. The molecule has 0 rings (SSSR count). The van der Waals surface area contributed by atoms with Crippen molar-refractivity contribution in [1.29, 1.82) is 0 Å². The van der Waals surface area contributed by atoms with Crippen molar-refractivity contribution in [2.45, 2.75) is 0 Å². The summed E-state index contributed by atoms with van der Waals surface area (Å²) in [5.41, 5.74) is 0. The summed E-state index contributed by atoms with van der Waals surface area (Å²) in [6.07, 6.45) is 0. The second kappa shape index (κ2) is 3.11. The summed E-state index contributed by atoms with van der Waals surface area (Å²) >= 11 is 3.91. The fourth-order valence-corrected chi connectivity index (χ4v) is 0.572. The maximum absolute atomic E-state index is 10.1.